The van der Waals surface area contributed by atoms with Crippen LogP contribution >= 0.6 is 11.6 Å². The summed E-state index contributed by atoms with van der Waals surface area (Å²) in [7, 11) is 0. The maximum absolute atomic E-state index is 6.09. The van der Waals surface area contributed by atoms with Crippen LogP contribution < -0.4 is 5.73 Å². The number of imidazole rings is 1. The number of aromatic nitrogens is 3. The summed E-state index contributed by atoms with van der Waals surface area (Å²) in [6.45, 7) is 0. The lowest BCUT2D eigenvalue weighted by molar-refractivity contribution is 1.15. The van der Waals surface area contributed by atoms with Crippen LogP contribution in [0.4, 0.5) is 5.69 Å². The predicted molar refractivity (Wildman–Crippen MR) is 67.8 cm³/mol. The van der Waals surface area contributed by atoms with Crippen molar-refractivity contribution in [2.45, 2.75) is 0 Å². The van der Waals surface area contributed by atoms with Crippen LogP contribution in [0.25, 0.3) is 16.9 Å². The van der Waals surface area contributed by atoms with E-state index in [2.05, 4.69) is 9.97 Å². The van der Waals surface area contributed by atoms with Gasteiger partial charge >= 0.3 is 0 Å². The van der Waals surface area contributed by atoms with Gasteiger partial charge in [0.1, 0.15) is 5.82 Å². The molecule has 0 saturated carbocycles. The summed E-state index contributed by atoms with van der Waals surface area (Å²) in [5.41, 5.74) is 8.17. The largest absolute Gasteiger partial charge is 0.398 e. The number of pyridine rings is 2. The highest BCUT2D eigenvalue weighted by molar-refractivity contribution is 6.32. The van der Waals surface area contributed by atoms with Gasteiger partial charge in [-0.3, -0.25) is 9.38 Å². The second kappa shape index (κ2) is 3.75. The molecule has 0 bridgehead atoms. The van der Waals surface area contributed by atoms with E-state index in [4.69, 9.17) is 17.3 Å². The van der Waals surface area contributed by atoms with E-state index in [1.54, 1.807) is 24.7 Å². The first-order valence-corrected chi connectivity index (χ1v) is 5.47. The number of hydrogen-bond acceptors (Lipinski definition) is 3. The van der Waals surface area contributed by atoms with E-state index in [1.807, 2.05) is 22.6 Å². The molecule has 0 aliphatic carbocycles. The highest BCUT2D eigenvalue weighted by Gasteiger charge is 2.10. The summed E-state index contributed by atoms with van der Waals surface area (Å²) in [6, 6.07) is 7.44. The Balaban J connectivity index is 2.34. The minimum atomic E-state index is 0.462. The Morgan fingerprint density at radius 3 is 2.88 bits per heavy atom. The molecule has 3 aromatic rings. The summed E-state index contributed by atoms with van der Waals surface area (Å²) in [5.74, 6) is 0.741. The SMILES string of the molecule is Nc1ccc2c(Cl)nc(-c3cccnc3)n2c1. The molecule has 0 aliphatic rings. The fourth-order valence-electron chi connectivity index (χ4n) is 1.76. The van der Waals surface area contributed by atoms with Gasteiger partial charge in [-0.15, -0.1) is 0 Å². The quantitative estimate of drug-likeness (QED) is 0.716. The number of nitrogens with two attached hydrogens (primary N) is 1. The first-order valence-electron chi connectivity index (χ1n) is 5.09. The van der Waals surface area contributed by atoms with Gasteiger partial charge < -0.3 is 5.73 Å². The molecule has 2 N–H and O–H groups in total. The Hall–Kier alpha value is -2.07. The molecule has 0 amide bonds. The first kappa shape index (κ1) is 10.1. The van der Waals surface area contributed by atoms with Crippen LogP contribution in [-0.2, 0) is 0 Å². The lowest BCUT2D eigenvalue weighted by Gasteiger charge is -2.01. The minimum absolute atomic E-state index is 0.462. The molecule has 17 heavy (non-hydrogen) atoms. The standard InChI is InChI=1S/C12H9ClN4/c13-11-10-4-3-9(14)7-17(10)12(16-11)8-2-1-5-15-6-8/h1-7H,14H2. The molecule has 0 fully saturated rings. The van der Waals surface area contributed by atoms with Crippen LogP contribution in [0.2, 0.25) is 5.15 Å². The smallest absolute Gasteiger partial charge is 0.155 e. The van der Waals surface area contributed by atoms with Crippen LogP contribution in [0.5, 0.6) is 0 Å². The fourth-order valence-corrected chi connectivity index (χ4v) is 2.00. The van der Waals surface area contributed by atoms with Crippen molar-refractivity contribution in [1.82, 2.24) is 14.4 Å². The van der Waals surface area contributed by atoms with E-state index >= 15 is 0 Å². The lowest BCUT2D eigenvalue weighted by Crippen LogP contribution is -1.93. The van der Waals surface area contributed by atoms with Crippen LogP contribution in [0.15, 0.2) is 42.9 Å². The zero-order valence-corrected chi connectivity index (χ0v) is 9.59. The summed E-state index contributed by atoms with van der Waals surface area (Å²) in [6.07, 6.45) is 5.26. The molecule has 0 radical (unpaired) electrons. The average Bonchev–Trinajstić information content (AvgIpc) is 2.67. The Kier molecular flexibility index (Phi) is 2.23. The van der Waals surface area contributed by atoms with E-state index in [0.29, 0.717) is 10.8 Å². The molecule has 0 aliphatic heterocycles. The number of hydrogen-bond donors (Lipinski definition) is 1. The number of nitrogens with zero attached hydrogens (tertiary/aromatic N) is 3. The van der Waals surface area contributed by atoms with Crippen LogP contribution in [-0.4, -0.2) is 14.4 Å². The molecule has 3 rings (SSSR count). The molecular weight excluding hydrogens is 236 g/mol. The molecule has 0 aromatic carbocycles. The van der Waals surface area contributed by atoms with Crippen molar-refractivity contribution >= 4 is 22.8 Å². The molecule has 3 heterocycles. The molecule has 0 spiro atoms. The van der Waals surface area contributed by atoms with Crippen LogP contribution in [0, 0.1) is 0 Å². The van der Waals surface area contributed by atoms with E-state index in [1.165, 1.54) is 0 Å². The van der Waals surface area contributed by atoms with Gasteiger partial charge in [-0.05, 0) is 24.3 Å². The summed E-state index contributed by atoms with van der Waals surface area (Å²) in [4.78, 5) is 8.41. The third-order valence-corrected chi connectivity index (χ3v) is 2.81. The fraction of sp³-hybridized carbons (Fsp3) is 0. The molecular formula is C12H9ClN4. The molecule has 0 unspecified atom stereocenters. The van der Waals surface area contributed by atoms with Gasteiger partial charge in [0.05, 0.1) is 5.52 Å². The molecule has 4 nitrogen and oxygen atoms in total. The van der Waals surface area contributed by atoms with Crippen molar-refractivity contribution < 1.29 is 0 Å². The highest BCUT2D eigenvalue weighted by Crippen LogP contribution is 2.25. The van der Waals surface area contributed by atoms with Crippen molar-refractivity contribution in [2.75, 3.05) is 5.73 Å². The van der Waals surface area contributed by atoms with Gasteiger partial charge in [0.15, 0.2) is 5.15 Å². The minimum Gasteiger partial charge on any atom is -0.398 e. The molecule has 5 heteroatoms. The Morgan fingerprint density at radius 1 is 1.24 bits per heavy atom. The predicted octanol–water partition coefficient (Wildman–Crippen LogP) is 2.63. The zero-order chi connectivity index (χ0) is 11.8. The Labute approximate surface area is 103 Å². The normalized spacial score (nSPS) is 10.9. The number of rotatable bonds is 1. The van der Waals surface area contributed by atoms with Crippen molar-refractivity contribution in [3.8, 4) is 11.4 Å². The summed E-state index contributed by atoms with van der Waals surface area (Å²) < 4.78 is 1.87. The Morgan fingerprint density at radius 2 is 2.12 bits per heavy atom. The lowest BCUT2D eigenvalue weighted by atomic mass is 10.3. The highest BCUT2D eigenvalue weighted by atomic mass is 35.5. The number of halogens is 1. The molecule has 0 atom stereocenters. The van der Waals surface area contributed by atoms with E-state index in [0.717, 1.165) is 16.9 Å². The summed E-state index contributed by atoms with van der Waals surface area (Å²) >= 11 is 6.09. The van der Waals surface area contributed by atoms with E-state index < -0.39 is 0 Å². The van der Waals surface area contributed by atoms with Crippen LogP contribution in [0.3, 0.4) is 0 Å². The third kappa shape index (κ3) is 1.62. The number of anilines is 1. The van der Waals surface area contributed by atoms with E-state index in [-0.39, 0.29) is 0 Å². The zero-order valence-electron chi connectivity index (χ0n) is 8.84. The second-order valence-electron chi connectivity index (χ2n) is 3.69. The third-order valence-electron chi connectivity index (χ3n) is 2.53. The summed E-state index contributed by atoms with van der Waals surface area (Å²) in [5, 5.41) is 0.462. The van der Waals surface area contributed by atoms with Gasteiger partial charge in [0.2, 0.25) is 0 Å². The van der Waals surface area contributed by atoms with Crippen molar-refractivity contribution in [1.29, 1.82) is 0 Å². The van der Waals surface area contributed by atoms with Gasteiger partial charge in [-0.2, -0.15) is 0 Å². The number of fused-ring (bicyclic) bond motifs is 1. The topological polar surface area (TPSA) is 56.2 Å². The van der Waals surface area contributed by atoms with Crippen molar-refractivity contribution in [3.05, 3.63) is 48.0 Å². The van der Waals surface area contributed by atoms with Gasteiger partial charge in [-0.25, -0.2) is 4.98 Å². The first-order chi connectivity index (χ1) is 8.25. The number of nitrogen functional groups attached to an aromatic ring is 1. The average molecular weight is 245 g/mol. The molecule has 0 saturated heterocycles. The maximum Gasteiger partial charge on any atom is 0.155 e. The molecule has 3 aromatic heterocycles. The maximum atomic E-state index is 6.09. The Bertz CT molecular complexity index is 676. The van der Waals surface area contributed by atoms with Gasteiger partial charge in [0.25, 0.3) is 0 Å². The van der Waals surface area contributed by atoms with Crippen molar-refractivity contribution in [2.24, 2.45) is 0 Å². The second-order valence-corrected chi connectivity index (χ2v) is 4.04. The van der Waals surface area contributed by atoms with Crippen LogP contribution in [0.1, 0.15) is 0 Å². The van der Waals surface area contributed by atoms with E-state index in [9.17, 15) is 0 Å². The van der Waals surface area contributed by atoms with Gasteiger partial charge in [0, 0.05) is 29.8 Å². The van der Waals surface area contributed by atoms with Crippen molar-refractivity contribution in [3.63, 3.8) is 0 Å². The monoisotopic (exact) mass is 244 g/mol. The molecule has 84 valence electrons. The van der Waals surface area contributed by atoms with Gasteiger partial charge in [-0.1, -0.05) is 11.6 Å².